The fourth-order valence-corrected chi connectivity index (χ4v) is 2.79. The lowest BCUT2D eigenvalue weighted by Gasteiger charge is -2.28. The third-order valence-electron chi connectivity index (χ3n) is 4.27. The number of ether oxygens (including phenoxy) is 1. The van der Waals surface area contributed by atoms with Crippen LogP contribution in [0.15, 0.2) is 30.3 Å². The van der Waals surface area contributed by atoms with Crippen LogP contribution in [-0.4, -0.2) is 79.4 Å². The van der Waals surface area contributed by atoms with Crippen molar-refractivity contribution in [3.63, 3.8) is 0 Å². The van der Waals surface area contributed by atoms with E-state index in [1.807, 2.05) is 6.07 Å². The van der Waals surface area contributed by atoms with Crippen molar-refractivity contribution in [1.82, 2.24) is 9.80 Å². The van der Waals surface area contributed by atoms with Gasteiger partial charge < -0.3 is 14.7 Å². The molecule has 2 atom stereocenters. The summed E-state index contributed by atoms with van der Waals surface area (Å²) >= 11 is 0. The fraction of sp³-hybridized carbons (Fsp3) is 0.556. The molecule has 1 N–H and O–H groups in total. The molecule has 0 unspecified atom stereocenters. The van der Waals surface area contributed by atoms with E-state index in [4.69, 9.17) is 14.6 Å². The summed E-state index contributed by atoms with van der Waals surface area (Å²) < 4.78 is 37.3. The number of amides is 1. The largest absolute Gasteiger partial charge is 0.490 e. The number of methoxy groups -OCH3 is 1. The van der Waals surface area contributed by atoms with Crippen molar-refractivity contribution in [2.24, 2.45) is 0 Å². The van der Waals surface area contributed by atoms with Crippen LogP contribution in [0.4, 0.5) is 13.2 Å². The van der Waals surface area contributed by atoms with E-state index in [1.54, 1.807) is 26.1 Å². The van der Waals surface area contributed by atoms with Gasteiger partial charge in [0.1, 0.15) is 0 Å². The number of hydrogen-bond acceptors (Lipinski definition) is 4. The molecule has 27 heavy (non-hydrogen) atoms. The maximum absolute atomic E-state index is 11.9. The van der Waals surface area contributed by atoms with Crippen LogP contribution in [0.1, 0.15) is 12.0 Å². The van der Waals surface area contributed by atoms with Gasteiger partial charge in [0.15, 0.2) is 0 Å². The zero-order valence-electron chi connectivity index (χ0n) is 15.6. The Morgan fingerprint density at radius 2 is 1.81 bits per heavy atom. The molecule has 1 heterocycles. The number of alkyl halides is 3. The number of nitrogens with zero attached hydrogens (tertiary/aromatic N) is 2. The van der Waals surface area contributed by atoms with E-state index in [0.717, 1.165) is 19.4 Å². The zero-order valence-corrected chi connectivity index (χ0v) is 15.6. The summed E-state index contributed by atoms with van der Waals surface area (Å²) in [6.45, 7) is 1.40. The van der Waals surface area contributed by atoms with E-state index >= 15 is 0 Å². The molecule has 1 aromatic carbocycles. The number of carboxylic acid groups (broad SMARTS) is 1. The summed E-state index contributed by atoms with van der Waals surface area (Å²) in [7, 11) is 5.37. The minimum absolute atomic E-state index is 0.153. The first kappa shape index (κ1) is 22.9. The van der Waals surface area contributed by atoms with Crippen molar-refractivity contribution in [2.75, 3.05) is 34.3 Å². The van der Waals surface area contributed by atoms with Crippen LogP contribution in [0, 0.1) is 0 Å². The standard InChI is InChI=1S/C16H24N2O2.C2HF3O2/c1-17(2)16(19)12-18-10-9-15(20-3)14(18)11-13-7-5-4-6-8-13;3-2(4,5)1(6)7/h4-8,14-15H,9-12H2,1-3H3;(H,6,7)/t14-,15+;/m0./s1. The van der Waals surface area contributed by atoms with Crippen LogP contribution < -0.4 is 0 Å². The molecule has 152 valence electrons. The molecule has 6 nitrogen and oxygen atoms in total. The second-order valence-corrected chi connectivity index (χ2v) is 6.38. The maximum Gasteiger partial charge on any atom is 0.490 e. The van der Waals surface area contributed by atoms with Crippen molar-refractivity contribution in [3.05, 3.63) is 35.9 Å². The number of likely N-dealkylation sites (tertiary alicyclic amines) is 1. The molecule has 0 saturated carbocycles. The third kappa shape index (κ3) is 7.56. The minimum Gasteiger partial charge on any atom is -0.475 e. The van der Waals surface area contributed by atoms with E-state index in [-0.39, 0.29) is 18.1 Å². The van der Waals surface area contributed by atoms with E-state index in [1.165, 1.54) is 5.56 Å². The number of aliphatic carboxylic acids is 1. The number of benzene rings is 1. The van der Waals surface area contributed by atoms with Crippen LogP contribution in [0.5, 0.6) is 0 Å². The molecular weight excluding hydrogens is 365 g/mol. The number of carboxylic acids is 1. The molecule has 1 aliphatic rings. The average molecular weight is 390 g/mol. The molecule has 0 radical (unpaired) electrons. The SMILES string of the molecule is CO[C@@H]1CCN(CC(=O)N(C)C)[C@H]1Cc1ccccc1.O=C(O)C(F)(F)F. The number of likely N-dealkylation sites (N-methyl/N-ethyl adjacent to an activating group) is 1. The molecule has 0 bridgehead atoms. The molecule has 0 aromatic heterocycles. The summed E-state index contributed by atoms with van der Waals surface area (Å²) in [6.07, 6.45) is -2.94. The van der Waals surface area contributed by atoms with Crippen molar-refractivity contribution in [1.29, 1.82) is 0 Å². The van der Waals surface area contributed by atoms with Gasteiger partial charge in [0.05, 0.1) is 12.6 Å². The van der Waals surface area contributed by atoms with Crippen molar-refractivity contribution in [2.45, 2.75) is 31.2 Å². The average Bonchev–Trinajstić information content (AvgIpc) is 2.97. The van der Waals surface area contributed by atoms with Crippen LogP contribution >= 0.6 is 0 Å². The predicted molar refractivity (Wildman–Crippen MR) is 93.3 cm³/mol. The zero-order chi connectivity index (χ0) is 20.6. The Kier molecular flexibility index (Phi) is 8.71. The highest BCUT2D eigenvalue weighted by Crippen LogP contribution is 2.23. The molecule has 0 spiro atoms. The van der Waals surface area contributed by atoms with E-state index in [2.05, 4.69) is 29.2 Å². The molecule has 1 aromatic rings. The van der Waals surface area contributed by atoms with Gasteiger partial charge in [0.2, 0.25) is 5.91 Å². The number of carbonyl (C=O) groups is 2. The molecule has 9 heteroatoms. The maximum atomic E-state index is 11.9. The van der Waals surface area contributed by atoms with Crippen LogP contribution in [0.2, 0.25) is 0 Å². The molecule has 2 rings (SSSR count). The van der Waals surface area contributed by atoms with Crippen LogP contribution in [0.3, 0.4) is 0 Å². The first-order valence-corrected chi connectivity index (χ1v) is 8.37. The highest BCUT2D eigenvalue weighted by molar-refractivity contribution is 5.77. The second-order valence-electron chi connectivity index (χ2n) is 6.38. The fourth-order valence-electron chi connectivity index (χ4n) is 2.79. The number of halogens is 3. The summed E-state index contributed by atoms with van der Waals surface area (Å²) in [6, 6.07) is 10.7. The molecule has 0 aliphatic carbocycles. The van der Waals surface area contributed by atoms with Gasteiger partial charge in [-0.05, 0) is 18.4 Å². The number of carbonyl (C=O) groups excluding carboxylic acids is 1. The van der Waals surface area contributed by atoms with E-state index < -0.39 is 12.1 Å². The molecule has 1 aliphatic heterocycles. The third-order valence-corrected chi connectivity index (χ3v) is 4.27. The van der Waals surface area contributed by atoms with Crippen molar-refractivity contribution < 1.29 is 32.6 Å². The molecular formula is C18H25F3N2O4. The van der Waals surface area contributed by atoms with Gasteiger partial charge in [-0.25, -0.2) is 4.79 Å². The molecule has 1 fully saturated rings. The summed E-state index contributed by atoms with van der Waals surface area (Å²) in [4.78, 5) is 24.7. The van der Waals surface area contributed by atoms with Gasteiger partial charge in [-0.1, -0.05) is 30.3 Å². The number of rotatable bonds is 5. The van der Waals surface area contributed by atoms with Gasteiger partial charge in [-0.3, -0.25) is 9.69 Å². The van der Waals surface area contributed by atoms with E-state index in [9.17, 15) is 18.0 Å². The summed E-state index contributed by atoms with van der Waals surface area (Å²) in [5.74, 6) is -2.60. The highest BCUT2D eigenvalue weighted by atomic mass is 19.4. The molecule has 1 saturated heterocycles. The van der Waals surface area contributed by atoms with Gasteiger partial charge in [-0.15, -0.1) is 0 Å². The van der Waals surface area contributed by atoms with Crippen molar-refractivity contribution >= 4 is 11.9 Å². The molecule has 1 amide bonds. The van der Waals surface area contributed by atoms with Gasteiger partial charge in [0, 0.05) is 33.8 Å². The Labute approximate surface area is 156 Å². The predicted octanol–water partition coefficient (Wildman–Crippen LogP) is 2.04. The smallest absolute Gasteiger partial charge is 0.475 e. The normalized spacial score (nSPS) is 19.9. The first-order chi connectivity index (χ1) is 12.6. The lowest BCUT2D eigenvalue weighted by Crippen LogP contribution is -2.43. The summed E-state index contributed by atoms with van der Waals surface area (Å²) in [5, 5.41) is 7.12. The first-order valence-electron chi connectivity index (χ1n) is 8.37. The van der Waals surface area contributed by atoms with Crippen LogP contribution in [0.25, 0.3) is 0 Å². The Morgan fingerprint density at radius 3 is 2.26 bits per heavy atom. The summed E-state index contributed by atoms with van der Waals surface area (Å²) in [5.41, 5.74) is 1.30. The highest BCUT2D eigenvalue weighted by Gasteiger charge is 2.38. The Morgan fingerprint density at radius 1 is 1.26 bits per heavy atom. The van der Waals surface area contributed by atoms with E-state index in [0.29, 0.717) is 6.54 Å². The van der Waals surface area contributed by atoms with Crippen molar-refractivity contribution in [3.8, 4) is 0 Å². The lowest BCUT2D eigenvalue weighted by molar-refractivity contribution is -0.192. The van der Waals surface area contributed by atoms with Gasteiger partial charge >= 0.3 is 12.1 Å². The monoisotopic (exact) mass is 390 g/mol. The quantitative estimate of drug-likeness (QED) is 0.833. The Balaban J connectivity index is 0.000000445. The second kappa shape index (κ2) is 10.3. The Hall–Kier alpha value is -2.13. The number of hydrogen-bond donors (Lipinski definition) is 1. The lowest BCUT2D eigenvalue weighted by atomic mass is 10.0. The Bertz CT molecular complexity index is 608. The van der Waals surface area contributed by atoms with Crippen LogP contribution in [-0.2, 0) is 20.7 Å². The van der Waals surface area contributed by atoms with Gasteiger partial charge in [0.25, 0.3) is 0 Å². The topological polar surface area (TPSA) is 70.1 Å². The van der Waals surface area contributed by atoms with Gasteiger partial charge in [-0.2, -0.15) is 13.2 Å². The minimum atomic E-state index is -5.08.